The zero-order chi connectivity index (χ0) is 11.4. The number of aliphatic hydroxyl groups excluding tert-OH is 1. The third-order valence-electron chi connectivity index (χ3n) is 3.14. The summed E-state index contributed by atoms with van der Waals surface area (Å²) in [6, 6.07) is 8.06. The normalized spacial score (nSPS) is 22.2. The topological polar surface area (TPSA) is 55.5 Å². The molecule has 1 aromatic rings. The van der Waals surface area contributed by atoms with Gasteiger partial charge in [-0.1, -0.05) is 24.3 Å². The maximum absolute atomic E-state index is 10.2. The van der Waals surface area contributed by atoms with Gasteiger partial charge in [0.15, 0.2) is 0 Å². The Morgan fingerprint density at radius 3 is 3.06 bits per heavy atom. The van der Waals surface area contributed by atoms with Gasteiger partial charge in [-0.3, -0.25) is 0 Å². The molecule has 2 rings (SSSR count). The van der Waals surface area contributed by atoms with Crippen LogP contribution in [0, 0.1) is 5.92 Å². The Morgan fingerprint density at radius 1 is 1.50 bits per heavy atom. The average molecular weight is 221 g/mol. The SMILES string of the molecule is NCCc1cccc(C(O)C2CCOC2)c1. The molecule has 16 heavy (non-hydrogen) atoms. The van der Waals surface area contributed by atoms with Gasteiger partial charge < -0.3 is 15.6 Å². The molecule has 3 nitrogen and oxygen atoms in total. The first kappa shape index (κ1) is 11.6. The molecule has 0 amide bonds. The van der Waals surface area contributed by atoms with Gasteiger partial charge in [0.2, 0.25) is 0 Å². The molecule has 1 aliphatic heterocycles. The van der Waals surface area contributed by atoms with Crippen LogP contribution in [0.15, 0.2) is 24.3 Å². The van der Waals surface area contributed by atoms with E-state index >= 15 is 0 Å². The van der Waals surface area contributed by atoms with Crippen LogP contribution < -0.4 is 5.73 Å². The van der Waals surface area contributed by atoms with Gasteiger partial charge in [-0.15, -0.1) is 0 Å². The van der Waals surface area contributed by atoms with Gasteiger partial charge >= 0.3 is 0 Å². The molecule has 0 aliphatic carbocycles. The Bertz CT molecular complexity index is 334. The number of hydrogen-bond acceptors (Lipinski definition) is 3. The minimum absolute atomic E-state index is 0.244. The first-order chi connectivity index (χ1) is 7.81. The van der Waals surface area contributed by atoms with Gasteiger partial charge in [0.25, 0.3) is 0 Å². The number of hydrogen-bond donors (Lipinski definition) is 2. The Kier molecular flexibility index (Phi) is 3.93. The molecule has 3 N–H and O–H groups in total. The predicted molar refractivity (Wildman–Crippen MR) is 63.1 cm³/mol. The maximum Gasteiger partial charge on any atom is 0.0841 e. The molecule has 0 aromatic heterocycles. The summed E-state index contributed by atoms with van der Waals surface area (Å²) in [5, 5.41) is 10.2. The van der Waals surface area contributed by atoms with Crippen molar-refractivity contribution in [2.75, 3.05) is 19.8 Å². The van der Waals surface area contributed by atoms with E-state index in [1.807, 2.05) is 18.2 Å². The second-order valence-corrected chi connectivity index (χ2v) is 4.35. The molecule has 2 unspecified atom stereocenters. The third-order valence-corrected chi connectivity index (χ3v) is 3.14. The van der Waals surface area contributed by atoms with Crippen molar-refractivity contribution in [3.63, 3.8) is 0 Å². The van der Waals surface area contributed by atoms with Crippen molar-refractivity contribution >= 4 is 0 Å². The molecule has 2 atom stereocenters. The number of rotatable bonds is 4. The smallest absolute Gasteiger partial charge is 0.0841 e. The fourth-order valence-electron chi connectivity index (χ4n) is 2.17. The monoisotopic (exact) mass is 221 g/mol. The molecule has 3 heteroatoms. The Balaban J connectivity index is 2.09. The molecular weight excluding hydrogens is 202 g/mol. The van der Waals surface area contributed by atoms with Gasteiger partial charge in [-0.25, -0.2) is 0 Å². The van der Waals surface area contributed by atoms with E-state index in [0.717, 1.165) is 25.0 Å². The molecule has 0 bridgehead atoms. The van der Waals surface area contributed by atoms with Crippen molar-refractivity contribution in [1.29, 1.82) is 0 Å². The van der Waals surface area contributed by atoms with Gasteiger partial charge in [0.1, 0.15) is 0 Å². The minimum Gasteiger partial charge on any atom is -0.388 e. The second kappa shape index (κ2) is 5.43. The summed E-state index contributed by atoms with van der Waals surface area (Å²) < 4.78 is 5.30. The third kappa shape index (κ3) is 2.61. The highest BCUT2D eigenvalue weighted by atomic mass is 16.5. The lowest BCUT2D eigenvalue weighted by Gasteiger charge is -2.17. The lowest BCUT2D eigenvalue weighted by Crippen LogP contribution is -2.13. The maximum atomic E-state index is 10.2. The summed E-state index contributed by atoms with van der Waals surface area (Å²) in [7, 11) is 0. The van der Waals surface area contributed by atoms with Crippen molar-refractivity contribution in [2.45, 2.75) is 18.9 Å². The Morgan fingerprint density at radius 2 is 2.38 bits per heavy atom. The van der Waals surface area contributed by atoms with Crippen molar-refractivity contribution < 1.29 is 9.84 Å². The van der Waals surface area contributed by atoms with Crippen molar-refractivity contribution in [3.05, 3.63) is 35.4 Å². The van der Waals surface area contributed by atoms with Crippen LogP contribution in [0.3, 0.4) is 0 Å². The lowest BCUT2D eigenvalue weighted by atomic mass is 9.94. The molecule has 0 spiro atoms. The standard InChI is InChI=1S/C13H19NO2/c14-6-4-10-2-1-3-11(8-10)13(15)12-5-7-16-9-12/h1-3,8,12-13,15H,4-7,9,14H2. The second-order valence-electron chi connectivity index (χ2n) is 4.35. The Hall–Kier alpha value is -0.900. The van der Waals surface area contributed by atoms with Crippen LogP contribution in [0.5, 0.6) is 0 Å². The van der Waals surface area contributed by atoms with E-state index in [2.05, 4.69) is 6.07 Å². The Labute approximate surface area is 96.2 Å². The van der Waals surface area contributed by atoms with E-state index in [0.29, 0.717) is 13.2 Å². The molecule has 0 saturated carbocycles. The van der Waals surface area contributed by atoms with Gasteiger partial charge in [-0.2, -0.15) is 0 Å². The van der Waals surface area contributed by atoms with Gasteiger partial charge in [0, 0.05) is 12.5 Å². The van der Waals surface area contributed by atoms with E-state index in [1.54, 1.807) is 0 Å². The quantitative estimate of drug-likeness (QED) is 0.804. The predicted octanol–water partition coefficient (Wildman–Crippen LogP) is 1.26. The van der Waals surface area contributed by atoms with Crippen LogP contribution in [0.2, 0.25) is 0 Å². The van der Waals surface area contributed by atoms with E-state index in [1.165, 1.54) is 5.56 Å². The average Bonchev–Trinajstić information content (AvgIpc) is 2.82. The van der Waals surface area contributed by atoms with E-state index < -0.39 is 6.10 Å². The van der Waals surface area contributed by atoms with Crippen LogP contribution in [0.1, 0.15) is 23.7 Å². The molecular formula is C13H19NO2. The minimum atomic E-state index is -0.403. The first-order valence-corrected chi connectivity index (χ1v) is 5.86. The molecule has 1 saturated heterocycles. The summed E-state index contributed by atoms with van der Waals surface area (Å²) in [4.78, 5) is 0. The summed E-state index contributed by atoms with van der Waals surface area (Å²) in [5.41, 5.74) is 7.71. The number of nitrogens with two attached hydrogens (primary N) is 1. The lowest BCUT2D eigenvalue weighted by molar-refractivity contribution is 0.0917. The van der Waals surface area contributed by atoms with Crippen LogP contribution in [-0.2, 0) is 11.2 Å². The highest BCUT2D eigenvalue weighted by Crippen LogP contribution is 2.28. The van der Waals surface area contributed by atoms with Crippen LogP contribution in [0.4, 0.5) is 0 Å². The zero-order valence-electron chi connectivity index (χ0n) is 9.43. The van der Waals surface area contributed by atoms with Crippen LogP contribution in [-0.4, -0.2) is 24.9 Å². The van der Waals surface area contributed by atoms with Crippen molar-refractivity contribution in [2.24, 2.45) is 11.7 Å². The van der Waals surface area contributed by atoms with E-state index in [4.69, 9.17) is 10.5 Å². The van der Waals surface area contributed by atoms with Crippen LogP contribution in [0.25, 0.3) is 0 Å². The molecule has 1 aliphatic rings. The van der Waals surface area contributed by atoms with Gasteiger partial charge in [0.05, 0.1) is 12.7 Å². The fraction of sp³-hybridized carbons (Fsp3) is 0.538. The summed E-state index contributed by atoms with van der Waals surface area (Å²) in [6.07, 6.45) is 1.41. The largest absolute Gasteiger partial charge is 0.388 e. The fourth-order valence-corrected chi connectivity index (χ4v) is 2.17. The van der Waals surface area contributed by atoms with E-state index in [-0.39, 0.29) is 5.92 Å². The van der Waals surface area contributed by atoms with Crippen molar-refractivity contribution in [1.82, 2.24) is 0 Å². The van der Waals surface area contributed by atoms with Gasteiger partial charge in [-0.05, 0) is 30.5 Å². The summed E-state index contributed by atoms with van der Waals surface area (Å²) in [6.45, 7) is 2.08. The number of ether oxygens (including phenoxy) is 1. The first-order valence-electron chi connectivity index (χ1n) is 5.86. The molecule has 1 heterocycles. The summed E-state index contributed by atoms with van der Waals surface area (Å²) in [5.74, 6) is 0.244. The number of aliphatic hydroxyl groups is 1. The highest BCUT2D eigenvalue weighted by molar-refractivity contribution is 5.26. The zero-order valence-corrected chi connectivity index (χ0v) is 9.43. The number of benzene rings is 1. The van der Waals surface area contributed by atoms with E-state index in [9.17, 15) is 5.11 Å². The molecule has 0 radical (unpaired) electrons. The summed E-state index contributed by atoms with van der Waals surface area (Å²) >= 11 is 0. The molecule has 88 valence electrons. The molecule has 1 aromatic carbocycles. The van der Waals surface area contributed by atoms with Crippen LogP contribution >= 0.6 is 0 Å². The van der Waals surface area contributed by atoms with Crippen molar-refractivity contribution in [3.8, 4) is 0 Å². The molecule has 1 fully saturated rings. The highest BCUT2D eigenvalue weighted by Gasteiger charge is 2.25.